The first-order valence-electron chi connectivity index (χ1n) is 10.5. The van der Waals surface area contributed by atoms with Gasteiger partial charge in [-0.05, 0) is 38.6 Å². The van der Waals surface area contributed by atoms with Crippen molar-refractivity contribution in [2.75, 3.05) is 44.9 Å². The summed E-state index contributed by atoms with van der Waals surface area (Å²) in [7, 11) is 1.86. The molecule has 1 aliphatic rings. The Morgan fingerprint density at radius 2 is 1.75 bits per heavy atom. The number of aromatic nitrogens is 1. The summed E-state index contributed by atoms with van der Waals surface area (Å²) >= 11 is 0. The number of para-hydroxylation sites is 1. The summed E-state index contributed by atoms with van der Waals surface area (Å²) < 4.78 is 11.6. The van der Waals surface area contributed by atoms with Crippen LogP contribution in [0.1, 0.15) is 24.2 Å². The molecule has 0 spiro atoms. The molecule has 1 N–H and O–H groups in total. The topological polar surface area (TPSA) is 107 Å². The van der Waals surface area contributed by atoms with E-state index in [9.17, 15) is 19.2 Å². The second-order valence-electron chi connectivity index (χ2n) is 7.27. The highest BCUT2D eigenvalue weighted by molar-refractivity contribution is 6.21. The first kappa shape index (κ1) is 23.2. The SMILES string of the molecule is CCOC(=O)C(C(=O)OCC)C(=O)c1cn(N2CC=C(CNC)C2)c2ccccc2c1=O. The molecule has 0 amide bonds. The number of nitrogens with one attached hydrogen (secondary N) is 1. The van der Waals surface area contributed by atoms with Crippen molar-refractivity contribution in [3.63, 3.8) is 0 Å². The lowest BCUT2D eigenvalue weighted by atomic mass is 9.97. The molecule has 0 unspecified atom stereocenters. The predicted molar refractivity (Wildman–Crippen MR) is 119 cm³/mol. The maximum Gasteiger partial charge on any atom is 0.328 e. The van der Waals surface area contributed by atoms with Crippen LogP contribution in [-0.4, -0.2) is 62.3 Å². The fourth-order valence-electron chi connectivity index (χ4n) is 3.70. The summed E-state index contributed by atoms with van der Waals surface area (Å²) in [4.78, 5) is 51.4. The van der Waals surface area contributed by atoms with Gasteiger partial charge < -0.3 is 19.8 Å². The molecule has 0 aliphatic carbocycles. The summed E-state index contributed by atoms with van der Waals surface area (Å²) in [6.07, 6.45) is 3.47. The molecule has 32 heavy (non-hydrogen) atoms. The van der Waals surface area contributed by atoms with Crippen LogP contribution in [0.5, 0.6) is 0 Å². The van der Waals surface area contributed by atoms with Crippen LogP contribution in [0.3, 0.4) is 0 Å². The molecule has 0 saturated heterocycles. The molecule has 2 heterocycles. The summed E-state index contributed by atoms with van der Waals surface area (Å²) in [6, 6.07) is 6.91. The Balaban J connectivity index is 2.10. The number of benzene rings is 1. The first-order chi connectivity index (χ1) is 15.4. The molecular weight excluding hydrogens is 414 g/mol. The van der Waals surface area contributed by atoms with Crippen molar-refractivity contribution in [2.45, 2.75) is 13.8 Å². The van der Waals surface area contributed by atoms with E-state index in [0.717, 1.165) is 0 Å². The highest BCUT2D eigenvalue weighted by Gasteiger charge is 2.39. The van der Waals surface area contributed by atoms with Crippen molar-refractivity contribution in [3.05, 3.63) is 57.9 Å². The van der Waals surface area contributed by atoms with Crippen LogP contribution < -0.4 is 15.8 Å². The number of esters is 2. The lowest BCUT2D eigenvalue weighted by Crippen LogP contribution is -2.39. The number of nitrogens with zero attached hydrogens (tertiary/aromatic N) is 2. The average molecular weight is 441 g/mol. The van der Waals surface area contributed by atoms with Gasteiger partial charge in [0.2, 0.25) is 5.92 Å². The molecule has 0 radical (unpaired) electrons. The van der Waals surface area contributed by atoms with Gasteiger partial charge in [-0.3, -0.25) is 23.9 Å². The number of hydrogen-bond donors (Lipinski definition) is 1. The molecule has 170 valence electrons. The first-order valence-corrected chi connectivity index (χ1v) is 10.5. The number of ketones is 1. The Hall–Kier alpha value is -3.46. The second kappa shape index (κ2) is 10.2. The zero-order valence-corrected chi connectivity index (χ0v) is 18.4. The van der Waals surface area contributed by atoms with E-state index in [2.05, 4.69) is 11.4 Å². The number of ether oxygens (including phenoxy) is 2. The van der Waals surface area contributed by atoms with Gasteiger partial charge >= 0.3 is 11.9 Å². The summed E-state index contributed by atoms with van der Waals surface area (Å²) in [5.41, 5.74) is 0.969. The van der Waals surface area contributed by atoms with Gasteiger partial charge in [0, 0.05) is 18.1 Å². The summed E-state index contributed by atoms with van der Waals surface area (Å²) in [5.74, 6) is -4.86. The van der Waals surface area contributed by atoms with Gasteiger partial charge in [-0.15, -0.1) is 0 Å². The molecule has 9 heteroatoms. The molecule has 0 bridgehead atoms. The maximum atomic E-state index is 13.3. The molecular formula is C23H27N3O6. The largest absolute Gasteiger partial charge is 0.465 e. The van der Waals surface area contributed by atoms with E-state index in [1.54, 1.807) is 42.8 Å². The number of likely N-dealkylation sites (N-methyl/N-ethyl adjacent to an activating group) is 1. The number of rotatable bonds is 9. The quantitative estimate of drug-likeness (QED) is 0.266. The van der Waals surface area contributed by atoms with Crippen molar-refractivity contribution in [1.82, 2.24) is 9.99 Å². The predicted octanol–water partition coefficient (Wildman–Crippen LogP) is 1.02. The van der Waals surface area contributed by atoms with Gasteiger partial charge in [-0.2, -0.15) is 0 Å². The van der Waals surface area contributed by atoms with E-state index in [-0.39, 0.29) is 18.8 Å². The molecule has 9 nitrogen and oxygen atoms in total. The minimum atomic E-state index is -1.85. The third-order valence-electron chi connectivity index (χ3n) is 5.15. The minimum absolute atomic E-state index is 0.0162. The Kier molecular flexibility index (Phi) is 7.42. The number of carbonyl (C=O) groups excluding carboxylic acids is 3. The fourth-order valence-corrected chi connectivity index (χ4v) is 3.70. The van der Waals surface area contributed by atoms with E-state index >= 15 is 0 Å². The minimum Gasteiger partial charge on any atom is -0.465 e. The van der Waals surface area contributed by atoms with Crippen LogP contribution >= 0.6 is 0 Å². The van der Waals surface area contributed by atoms with E-state index in [1.807, 2.05) is 12.1 Å². The highest BCUT2D eigenvalue weighted by atomic mass is 16.6. The molecule has 1 aromatic carbocycles. The van der Waals surface area contributed by atoms with Crippen molar-refractivity contribution >= 4 is 28.6 Å². The molecule has 0 atom stereocenters. The van der Waals surface area contributed by atoms with Crippen molar-refractivity contribution in [1.29, 1.82) is 0 Å². The summed E-state index contributed by atoms with van der Waals surface area (Å²) in [5, 5.41) is 5.39. The van der Waals surface area contributed by atoms with Crippen LogP contribution in [0.2, 0.25) is 0 Å². The fraction of sp³-hybridized carbons (Fsp3) is 0.391. The normalized spacial score (nSPS) is 13.4. The van der Waals surface area contributed by atoms with Gasteiger partial charge in [0.25, 0.3) is 0 Å². The number of hydrogen-bond acceptors (Lipinski definition) is 8. The monoisotopic (exact) mass is 441 g/mol. The standard InChI is InChI=1S/C23H27N3O6/c1-4-31-22(29)19(23(30)32-5-2)21(28)17-14-26(25-11-10-15(13-25)12-24-3)18-9-7-6-8-16(18)20(17)27/h6-10,14,19,24H,4-5,11-13H2,1-3H3. The molecule has 2 aromatic rings. The lowest BCUT2D eigenvalue weighted by Gasteiger charge is -2.25. The zero-order valence-electron chi connectivity index (χ0n) is 18.4. The molecule has 0 saturated carbocycles. The Labute approximate surface area is 185 Å². The van der Waals surface area contributed by atoms with E-state index < -0.39 is 29.1 Å². The smallest absolute Gasteiger partial charge is 0.328 e. The Morgan fingerprint density at radius 3 is 2.38 bits per heavy atom. The molecule has 1 aliphatic heterocycles. The average Bonchev–Trinajstić information content (AvgIpc) is 3.23. The zero-order chi connectivity index (χ0) is 23.3. The molecule has 3 rings (SSSR count). The van der Waals surface area contributed by atoms with Gasteiger partial charge in [-0.25, -0.2) is 0 Å². The van der Waals surface area contributed by atoms with Crippen LogP contribution in [0.15, 0.2) is 46.9 Å². The van der Waals surface area contributed by atoms with E-state index in [4.69, 9.17) is 9.47 Å². The number of pyridine rings is 1. The van der Waals surface area contributed by atoms with Gasteiger partial charge in [0.05, 0.1) is 37.4 Å². The Bertz CT molecular complexity index is 1100. The number of Topliss-reactive ketones (excluding diaryl/α,β-unsaturated/α-hetero) is 1. The maximum absolute atomic E-state index is 13.3. The molecule has 1 aromatic heterocycles. The van der Waals surface area contributed by atoms with Crippen LogP contribution in [0, 0.1) is 5.92 Å². The van der Waals surface area contributed by atoms with E-state index in [0.29, 0.717) is 30.5 Å². The van der Waals surface area contributed by atoms with Gasteiger partial charge in [0.15, 0.2) is 11.2 Å². The number of fused-ring (bicyclic) bond motifs is 1. The van der Waals surface area contributed by atoms with Crippen molar-refractivity contribution in [3.8, 4) is 0 Å². The summed E-state index contributed by atoms with van der Waals surface area (Å²) in [6.45, 7) is 4.99. The number of carbonyl (C=O) groups is 3. The second-order valence-corrected chi connectivity index (χ2v) is 7.27. The van der Waals surface area contributed by atoms with E-state index in [1.165, 1.54) is 11.8 Å². The van der Waals surface area contributed by atoms with Crippen LogP contribution in [0.25, 0.3) is 10.9 Å². The highest BCUT2D eigenvalue weighted by Crippen LogP contribution is 2.19. The third-order valence-corrected chi connectivity index (χ3v) is 5.15. The third kappa shape index (κ3) is 4.57. The van der Waals surface area contributed by atoms with Crippen molar-refractivity contribution < 1.29 is 23.9 Å². The Morgan fingerprint density at radius 1 is 1.09 bits per heavy atom. The lowest BCUT2D eigenvalue weighted by molar-refractivity contribution is -0.158. The van der Waals surface area contributed by atoms with Gasteiger partial charge in [0.1, 0.15) is 0 Å². The van der Waals surface area contributed by atoms with Gasteiger partial charge in [-0.1, -0.05) is 18.2 Å². The van der Waals surface area contributed by atoms with Crippen LogP contribution in [-0.2, 0) is 19.1 Å². The van der Waals surface area contributed by atoms with Crippen molar-refractivity contribution in [2.24, 2.45) is 5.92 Å². The van der Waals surface area contributed by atoms with Crippen LogP contribution in [0.4, 0.5) is 0 Å². The molecule has 0 fully saturated rings.